The Morgan fingerprint density at radius 2 is 1.48 bits per heavy atom. The van der Waals surface area contributed by atoms with Crippen molar-refractivity contribution < 1.29 is 4.39 Å². The summed E-state index contributed by atoms with van der Waals surface area (Å²) < 4.78 is 15.1. The van der Waals surface area contributed by atoms with E-state index in [-0.39, 0.29) is 5.82 Å². The number of allylic oxidation sites excluding steroid dienone is 1. The Labute approximate surface area is 185 Å². The summed E-state index contributed by atoms with van der Waals surface area (Å²) in [5.41, 5.74) is 5.89. The lowest BCUT2D eigenvalue weighted by atomic mass is 9.88. The minimum atomic E-state index is -0.261. The molecule has 0 bridgehead atoms. The van der Waals surface area contributed by atoms with E-state index in [0.29, 0.717) is 12.1 Å². The fourth-order valence-corrected chi connectivity index (χ4v) is 4.24. The number of halogens is 1. The van der Waals surface area contributed by atoms with Gasteiger partial charge in [-0.15, -0.1) is 0 Å². The molecule has 0 unspecified atom stereocenters. The van der Waals surface area contributed by atoms with Gasteiger partial charge in [0, 0.05) is 0 Å². The maximum absolute atomic E-state index is 15.1. The SMILES string of the molecule is CCC(=C(c1ccccc1)c1ccc(C#CCN2CCCC2)c(F)c1)c1ccccc1. The maximum Gasteiger partial charge on any atom is 0.139 e. The van der Waals surface area contributed by atoms with Crippen molar-refractivity contribution in [3.8, 4) is 11.8 Å². The molecule has 4 rings (SSSR count). The number of rotatable bonds is 5. The zero-order chi connectivity index (χ0) is 21.5. The van der Waals surface area contributed by atoms with Crippen molar-refractivity contribution in [2.75, 3.05) is 19.6 Å². The topological polar surface area (TPSA) is 3.24 Å². The summed E-state index contributed by atoms with van der Waals surface area (Å²) in [6.45, 7) is 5.06. The predicted molar refractivity (Wildman–Crippen MR) is 128 cm³/mol. The molecule has 0 N–H and O–H groups in total. The molecule has 0 spiro atoms. The summed E-state index contributed by atoms with van der Waals surface area (Å²) in [7, 11) is 0. The van der Waals surface area contributed by atoms with Crippen molar-refractivity contribution in [3.63, 3.8) is 0 Å². The summed E-state index contributed by atoms with van der Waals surface area (Å²) in [6, 6.07) is 26.1. The van der Waals surface area contributed by atoms with Crippen LogP contribution >= 0.6 is 0 Å². The van der Waals surface area contributed by atoms with Crippen LogP contribution in [0.4, 0.5) is 4.39 Å². The predicted octanol–water partition coefficient (Wildman–Crippen LogP) is 6.64. The quantitative estimate of drug-likeness (QED) is 0.337. The first-order valence-corrected chi connectivity index (χ1v) is 11.1. The van der Waals surface area contributed by atoms with Gasteiger partial charge in [-0.05, 0) is 72.3 Å². The maximum atomic E-state index is 15.1. The Bertz CT molecular complexity index is 1100. The molecule has 1 heterocycles. The van der Waals surface area contributed by atoms with Crippen molar-refractivity contribution in [2.24, 2.45) is 0 Å². The summed E-state index contributed by atoms with van der Waals surface area (Å²) in [5.74, 6) is 5.93. The molecule has 0 aliphatic carbocycles. The van der Waals surface area contributed by atoms with Gasteiger partial charge in [0.1, 0.15) is 5.82 Å². The van der Waals surface area contributed by atoms with Crippen LogP contribution in [-0.2, 0) is 0 Å². The zero-order valence-electron chi connectivity index (χ0n) is 18.1. The van der Waals surface area contributed by atoms with Crippen molar-refractivity contribution in [1.29, 1.82) is 0 Å². The first kappa shape index (κ1) is 21.1. The monoisotopic (exact) mass is 409 g/mol. The molecule has 1 saturated heterocycles. The highest BCUT2D eigenvalue weighted by atomic mass is 19.1. The molecule has 0 aromatic heterocycles. The van der Waals surface area contributed by atoms with E-state index in [1.54, 1.807) is 6.07 Å². The van der Waals surface area contributed by atoms with E-state index in [1.165, 1.54) is 24.0 Å². The van der Waals surface area contributed by atoms with Crippen molar-refractivity contribution in [2.45, 2.75) is 26.2 Å². The Hall–Kier alpha value is -3.15. The molecule has 1 nitrogen and oxygen atoms in total. The summed E-state index contributed by atoms with van der Waals surface area (Å²) >= 11 is 0. The Balaban J connectivity index is 1.73. The van der Waals surface area contributed by atoms with Gasteiger partial charge in [0.05, 0.1) is 12.1 Å². The molecule has 0 radical (unpaired) electrons. The molecule has 0 atom stereocenters. The molecular formula is C29H28FN. The minimum Gasteiger partial charge on any atom is -0.292 e. The normalized spacial score (nSPS) is 14.6. The first-order valence-electron chi connectivity index (χ1n) is 11.1. The van der Waals surface area contributed by atoms with Crippen LogP contribution in [0.1, 0.15) is 48.4 Å². The van der Waals surface area contributed by atoms with E-state index in [2.05, 4.69) is 47.9 Å². The number of nitrogens with zero attached hydrogens (tertiary/aromatic N) is 1. The molecule has 1 fully saturated rings. The molecule has 1 aliphatic rings. The van der Waals surface area contributed by atoms with Gasteiger partial charge in [-0.2, -0.15) is 0 Å². The molecule has 2 heteroatoms. The van der Waals surface area contributed by atoms with Crippen molar-refractivity contribution in [3.05, 3.63) is 107 Å². The Morgan fingerprint density at radius 3 is 2.10 bits per heavy atom. The lowest BCUT2D eigenvalue weighted by Gasteiger charge is -2.16. The van der Waals surface area contributed by atoms with Gasteiger partial charge >= 0.3 is 0 Å². The van der Waals surface area contributed by atoms with Gasteiger partial charge in [0.25, 0.3) is 0 Å². The van der Waals surface area contributed by atoms with Gasteiger partial charge < -0.3 is 0 Å². The molecular weight excluding hydrogens is 381 g/mol. The summed E-state index contributed by atoms with van der Waals surface area (Å²) in [4.78, 5) is 2.32. The van der Waals surface area contributed by atoms with Gasteiger partial charge in [0.2, 0.25) is 0 Å². The average Bonchev–Trinajstić information content (AvgIpc) is 3.33. The third-order valence-electron chi connectivity index (χ3n) is 5.82. The molecule has 1 aliphatic heterocycles. The van der Waals surface area contributed by atoms with E-state index < -0.39 is 0 Å². The van der Waals surface area contributed by atoms with Gasteiger partial charge in [-0.3, -0.25) is 4.90 Å². The van der Waals surface area contributed by atoms with Crippen LogP contribution in [0, 0.1) is 17.7 Å². The van der Waals surface area contributed by atoms with Crippen LogP contribution in [0.15, 0.2) is 78.9 Å². The van der Waals surface area contributed by atoms with E-state index in [9.17, 15) is 0 Å². The Morgan fingerprint density at radius 1 is 0.839 bits per heavy atom. The minimum absolute atomic E-state index is 0.261. The van der Waals surface area contributed by atoms with Crippen LogP contribution in [0.2, 0.25) is 0 Å². The number of likely N-dealkylation sites (tertiary alicyclic amines) is 1. The largest absolute Gasteiger partial charge is 0.292 e. The van der Waals surface area contributed by atoms with Gasteiger partial charge in [-0.25, -0.2) is 4.39 Å². The van der Waals surface area contributed by atoms with Crippen LogP contribution in [0.25, 0.3) is 11.1 Å². The molecule has 3 aromatic rings. The standard InChI is InChI=1S/C29H28FN/c1-2-27(23-12-5-3-6-13-23)29(25-14-7-4-8-15-25)26-18-17-24(28(30)22-26)16-11-21-31-19-9-10-20-31/h3-8,12-15,17-18,22H,2,9-10,19-21H2,1H3. The molecule has 0 saturated carbocycles. The van der Waals surface area contributed by atoms with E-state index >= 15 is 4.39 Å². The van der Waals surface area contributed by atoms with E-state index in [4.69, 9.17) is 0 Å². The fourth-order valence-electron chi connectivity index (χ4n) is 4.24. The lowest BCUT2D eigenvalue weighted by molar-refractivity contribution is 0.383. The zero-order valence-corrected chi connectivity index (χ0v) is 18.1. The van der Waals surface area contributed by atoms with Crippen LogP contribution in [0.5, 0.6) is 0 Å². The highest BCUT2D eigenvalue weighted by Gasteiger charge is 2.14. The second kappa shape index (κ2) is 10.2. The highest BCUT2D eigenvalue weighted by Crippen LogP contribution is 2.34. The van der Waals surface area contributed by atoms with Crippen molar-refractivity contribution >= 4 is 11.1 Å². The number of hydrogen-bond acceptors (Lipinski definition) is 1. The number of benzene rings is 3. The van der Waals surface area contributed by atoms with Crippen LogP contribution in [-0.4, -0.2) is 24.5 Å². The first-order chi connectivity index (χ1) is 15.3. The van der Waals surface area contributed by atoms with E-state index in [0.717, 1.165) is 36.2 Å². The highest BCUT2D eigenvalue weighted by molar-refractivity contribution is 5.98. The van der Waals surface area contributed by atoms with Gasteiger partial charge in [-0.1, -0.05) is 85.5 Å². The Kier molecular flexibility index (Phi) is 6.97. The average molecular weight is 410 g/mol. The molecule has 31 heavy (non-hydrogen) atoms. The third kappa shape index (κ3) is 5.13. The second-order valence-electron chi connectivity index (χ2n) is 7.92. The van der Waals surface area contributed by atoms with Crippen LogP contribution in [0.3, 0.4) is 0 Å². The molecule has 0 amide bonds. The number of hydrogen-bond donors (Lipinski definition) is 0. The van der Waals surface area contributed by atoms with Gasteiger partial charge in [0.15, 0.2) is 0 Å². The second-order valence-corrected chi connectivity index (χ2v) is 7.92. The summed E-state index contributed by atoms with van der Waals surface area (Å²) in [6.07, 6.45) is 3.33. The molecule has 156 valence electrons. The summed E-state index contributed by atoms with van der Waals surface area (Å²) in [5, 5.41) is 0. The van der Waals surface area contributed by atoms with Crippen LogP contribution < -0.4 is 0 Å². The molecule has 3 aromatic carbocycles. The van der Waals surface area contributed by atoms with E-state index in [1.807, 2.05) is 48.5 Å². The van der Waals surface area contributed by atoms with Crippen molar-refractivity contribution in [1.82, 2.24) is 4.90 Å². The fraction of sp³-hybridized carbons (Fsp3) is 0.241. The lowest BCUT2D eigenvalue weighted by Crippen LogP contribution is -2.18. The smallest absolute Gasteiger partial charge is 0.139 e. The third-order valence-corrected chi connectivity index (χ3v) is 5.82.